The summed E-state index contributed by atoms with van der Waals surface area (Å²) in [5.41, 5.74) is 7.76. The predicted octanol–water partition coefficient (Wildman–Crippen LogP) is 3.11. The van der Waals surface area contributed by atoms with Gasteiger partial charge in [0, 0.05) is 42.9 Å². The standard InChI is InChI=1S/C22H28F3N5O4/c1-12(21(32)33)10-30-7-3-4-14(11-30)27-20-17(9-26)13(2)19(28-29-20)16-6-5-15(8-18(16)31)34-22(23,24)25/h5-6,8,12,14,31H,3-4,7,9-11,26H2,1-2H3,(H,27,29)(H,32,33)/t12-,14-/m1/s1. The Morgan fingerprint density at radius 1 is 1.38 bits per heavy atom. The Morgan fingerprint density at radius 2 is 2.12 bits per heavy atom. The number of aliphatic carboxylic acids is 1. The number of carbonyl (C=O) groups is 1. The normalized spacial score (nSPS) is 17.9. The van der Waals surface area contributed by atoms with Crippen molar-refractivity contribution in [2.24, 2.45) is 11.7 Å². The Hall–Kier alpha value is -3.12. The number of aromatic nitrogens is 2. The van der Waals surface area contributed by atoms with Crippen molar-refractivity contribution in [2.45, 2.75) is 45.6 Å². The second-order valence-corrected chi connectivity index (χ2v) is 8.41. The molecule has 186 valence electrons. The lowest BCUT2D eigenvalue weighted by atomic mass is 10.0. The van der Waals surface area contributed by atoms with E-state index in [1.54, 1.807) is 13.8 Å². The van der Waals surface area contributed by atoms with Gasteiger partial charge in [0.05, 0.1) is 5.92 Å². The number of nitrogens with one attached hydrogen (secondary N) is 1. The number of anilines is 1. The van der Waals surface area contributed by atoms with E-state index >= 15 is 0 Å². The lowest BCUT2D eigenvalue weighted by molar-refractivity contribution is -0.274. The number of carboxylic acid groups (broad SMARTS) is 1. The zero-order valence-corrected chi connectivity index (χ0v) is 18.9. The highest BCUT2D eigenvalue weighted by Gasteiger charge is 2.31. The number of nitrogens with two attached hydrogens (primary N) is 1. The fourth-order valence-electron chi connectivity index (χ4n) is 4.08. The number of benzene rings is 1. The van der Waals surface area contributed by atoms with Crippen LogP contribution in [0.1, 0.15) is 30.9 Å². The maximum absolute atomic E-state index is 12.4. The van der Waals surface area contributed by atoms with Crippen LogP contribution in [-0.2, 0) is 11.3 Å². The van der Waals surface area contributed by atoms with Gasteiger partial charge in [-0.3, -0.25) is 4.79 Å². The Morgan fingerprint density at radius 3 is 2.74 bits per heavy atom. The lowest BCUT2D eigenvalue weighted by Crippen LogP contribution is -2.45. The molecule has 1 aromatic heterocycles. The third kappa shape index (κ3) is 6.26. The zero-order valence-electron chi connectivity index (χ0n) is 18.9. The van der Waals surface area contributed by atoms with Gasteiger partial charge in [-0.25, -0.2) is 0 Å². The molecule has 1 aliphatic heterocycles. The summed E-state index contributed by atoms with van der Waals surface area (Å²) in [6, 6.07) is 3.26. The van der Waals surface area contributed by atoms with E-state index < -0.39 is 29.7 Å². The fourth-order valence-corrected chi connectivity index (χ4v) is 4.08. The molecule has 0 unspecified atom stereocenters. The molecule has 2 atom stereocenters. The van der Waals surface area contributed by atoms with Crippen molar-refractivity contribution in [3.63, 3.8) is 0 Å². The van der Waals surface area contributed by atoms with E-state index in [9.17, 15) is 23.1 Å². The van der Waals surface area contributed by atoms with Crippen LogP contribution in [0.4, 0.5) is 19.0 Å². The number of alkyl halides is 3. The smallest absolute Gasteiger partial charge is 0.507 e. The molecule has 0 saturated carbocycles. The Bertz CT molecular complexity index is 1030. The molecular formula is C22H28F3N5O4. The monoisotopic (exact) mass is 483 g/mol. The number of hydrogen-bond donors (Lipinski definition) is 4. The van der Waals surface area contributed by atoms with E-state index in [4.69, 9.17) is 10.8 Å². The molecular weight excluding hydrogens is 455 g/mol. The molecule has 5 N–H and O–H groups in total. The first kappa shape index (κ1) is 25.5. The van der Waals surface area contributed by atoms with Gasteiger partial charge in [0.25, 0.3) is 0 Å². The van der Waals surface area contributed by atoms with Crippen molar-refractivity contribution in [1.29, 1.82) is 0 Å². The molecule has 0 amide bonds. The third-order valence-electron chi connectivity index (χ3n) is 5.81. The SMILES string of the molecule is Cc1c(-c2ccc(OC(F)(F)F)cc2O)nnc(N[C@@H]2CCCN(C[C@@H](C)C(=O)O)C2)c1CN. The summed E-state index contributed by atoms with van der Waals surface area (Å²) < 4.78 is 41.2. The van der Waals surface area contributed by atoms with Crippen molar-refractivity contribution in [3.8, 4) is 22.8 Å². The summed E-state index contributed by atoms with van der Waals surface area (Å²) >= 11 is 0. The van der Waals surface area contributed by atoms with Gasteiger partial charge >= 0.3 is 12.3 Å². The molecule has 0 bridgehead atoms. The second-order valence-electron chi connectivity index (χ2n) is 8.41. The molecule has 34 heavy (non-hydrogen) atoms. The van der Waals surface area contributed by atoms with Crippen LogP contribution in [0.5, 0.6) is 11.5 Å². The van der Waals surface area contributed by atoms with Gasteiger partial charge < -0.3 is 30.9 Å². The number of hydrogen-bond acceptors (Lipinski definition) is 8. The predicted molar refractivity (Wildman–Crippen MR) is 118 cm³/mol. The number of rotatable bonds is 8. The van der Waals surface area contributed by atoms with Crippen LogP contribution < -0.4 is 15.8 Å². The summed E-state index contributed by atoms with van der Waals surface area (Å²) in [7, 11) is 0. The van der Waals surface area contributed by atoms with E-state index in [1.165, 1.54) is 6.07 Å². The number of phenols is 1. The summed E-state index contributed by atoms with van der Waals surface area (Å²) in [6.45, 7) is 5.46. The highest BCUT2D eigenvalue weighted by Crippen LogP contribution is 2.36. The number of piperidine rings is 1. The van der Waals surface area contributed by atoms with Crippen LogP contribution in [0.2, 0.25) is 0 Å². The maximum Gasteiger partial charge on any atom is 0.573 e. The van der Waals surface area contributed by atoms with E-state index in [0.717, 1.165) is 31.5 Å². The molecule has 1 fully saturated rings. The summed E-state index contributed by atoms with van der Waals surface area (Å²) in [4.78, 5) is 13.3. The largest absolute Gasteiger partial charge is 0.573 e. The fraction of sp³-hybridized carbons (Fsp3) is 0.500. The molecule has 1 aromatic carbocycles. The lowest BCUT2D eigenvalue weighted by Gasteiger charge is -2.34. The summed E-state index contributed by atoms with van der Waals surface area (Å²) in [5, 5.41) is 31.2. The number of aromatic hydroxyl groups is 1. The number of halogens is 3. The summed E-state index contributed by atoms with van der Waals surface area (Å²) in [6.07, 6.45) is -3.11. The van der Waals surface area contributed by atoms with E-state index in [0.29, 0.717) is 35.7 Å². The quantitative estimate of drug-likeness (QED) is 0.447. The van der Waals surface area contributed by atoms with Crippen LogP contribution in [0.15, 0.2) is 18.2 Å². The van der Waals surface area contributed by atoms with E-state index in [1.807, 2.05) is 0 Å². The first-order valence-corrected chi connectivity index (χ1v) is 10.9. The number of nitrogens with zero attached hydrogens (tertiary/aromatic N) is 3. The van der Waals surface area contributed by atoms with Crippen molar-refractivity contribution in [3.05, 3.63) is 29.3 Å². The minimum Gasteiger partial charge on any atom is -0.507 e. The van der Waals surface area contributed by atoms with Gasteiger partial charge in [-0.05, 0) is 44.0 Å². The van der Waals surface area contributed by atoms with E-state index in [-0.39, 0.29) is 18.2 Å². The second kappa shape index (κ2) is 10.4. The molecule has 12 heteroatoms. The number of carboxylic acids is 1. The van der Waals surface area contributed by atoms with Crippen LogP contribution in [-0.4, -0.2) is 63.3 Å². The summed E-state index contributed by atoms with van der Waals surface area (Å²) in [5.74, 6) is -1.80. The van der Waals surface area contributed by atoms with E-state index in [2.05, 4.69) is 25.2 Å². The first-order chi connectivity index (χ1) is 16.0. The molecule has 3 rings (SSSR count). The minimum absolute atomic E-state index is 0.0202. The van der Waals surface area contributed by atoms with Crippen molar-refractivity contribution >= 4 is 11.8 Å². The molecule has 0 aliphatic carbocycles. The van der Waals surface area contributed by atoms with Crippen LogP contribution in [0.3, 0.4) is 0 Å². The molecule has 1 saturated heterocycles. The number of ether oxygens (including phenoxy) is 1. The van der Waals surface area contributed by atoms with Gasteiger partial charge in [-0.2, -0.15) is 0 Å². The Labute approximate surface area is 194 Å². The van der Waals surface area contributed by atoms with Gasteiger partial charge in [-0.15, -0.1) is 23.4 Å². The Balaban J connectivity index is 1.80. The number of phenolic OH excluding ortho intramolecular Hbond substituents is 1. The van der Waals surface area contributed by atoms with Gasteiger partial charge in [0.2, 0.25) is 0 Å². The zero-order chi connectivity index (χ0) is 25.0. The first-order valence-electron chi connectivity index (χ1n) is 10.9. The Kier molecular flexibility index (Phi) is 7.82. The van der Waals surface area contributed by atoms with Gasteiger partial charge in [0.15, 0.2) is 5.82 Å². The van der Waals surface area contributed by atoms with Gasteiger partial charge in [-0.1, -0.05) is 6.92 Å². The van der Waals surface area contributed by atoms with Gasteiger partial charge in [0.1, 0.15) is 17.2 Å². The van der Waals surface area contributed by atoms with Crippen LogP contribution >= 0.6 is 0 Å². The highest BCUT2D eigenvalue weighted by atomic mass is 19.4. The van der Waals surface area contributed by atoms with Crippen LogP contribution in [0.25, 0.3) is 11.3 Å². The van der Waals surface area contributed by atoms with Crippen LogP contribution in [0, 0.1) is 12.8 Å². The van der Waals surface area contributed by atoms with Crippen molar-refractivity contribution in [1.82, 2.24) is 15.1 Å². The molecule has 0 spiro atoms. The minimum atomic E-state index is -4.87. The molecule has 1 aliphatic rings. The maximum atomic E-state index is 12.4. The van der Waals surface area contributed by atoms with Crippen molar-refractivity contribution < 1.29 is 32.9 Å². The third-order valence-corrected chi connectivity index (χ3v) is 5.81. The molecule has 2 aromatic rings. The van der Waals surface area contributed by atoms with Crippen molar-refractivity contribution in [2.75, 3.05) is 25.0 Å². The molecule has 2 heterocycles. The highest BCUT2D eigenvalue weighted by molar-refractivity contribution is 5.73. The molecule has 9 nitrogen and oxygen atoms in total. The molecule has 0 radical (unpaired) electrons. The average Bonchev–Trinajstić information content (AvgIpc) is 2.74. The average molecular weight is 483 g/mol. The number of likely N-dealkylation sites (tertiary alicyclic amines) is 1. The topological polar surface area (TPSA) is 134 Å².